The van der Waals surface area contributed by atoms with E-state index in [0.717, 1.165) is 64.3 Å². The fraction of sp³-hybridized carbons (Fsp3) is 0.939. The Bertz CT molecular complexity index is 826. The quantitative estimate of drug-likeness (QED) is 0.251. The van der Waals surface area contributed by atoms with Gasteiger partial charge >= 0.3 is 11.9 Å². The van der Waals surface area contributed by atoms with Gasteiger partial charge in [0, 0.05) is 33.8 Å². The van der Waals surface area contributed by atoms with Gasteiger partial charge in [0.05, 0.1) is 24.9 Å². The molecule has 244 valence electrons. The zero-order valence-electron chi connectivity index (χ0n) is 26.9. The fourth-order valence-electron chi connectivity index (χ4n) is 8.50. The van der Waals surface area contributed by atoms with Crippen LogP contribution in [-0.2, 0) is 23.8 Å². The number of quaternary nitrogens is 1. The summed E-state index contributed by atoms with van der Waals surface area (Å²) in [5.74, 6) is 1.55. The topological polar surface area (TPSA) is 145 Å². The van der Waals surface area contributed by atoms with Gasteiger partial charge in [0.1, 0.15) is 18.4 Å². The number of carbonyl (C=O) groups is 2. The highest BCUT2D eigenvalue weighted by Gasteiger charge is 2.42. The molecule has 0 bridgehead atoms. The highest BCUT2D eigenvalue weighted by molar-refractivity contribution is 5.66. The van der Waals surface area contributed by atoms with Crippen molar-refractivity contribution in [1.29, 1.82) is 0 Å². The van der Waals surface area contributed by atoms with Crippen LogP contribution < -0.4 is 11.1 Å². The van der Waals surface area contributed by atoms with Gasteiger partial charge in [0.25, 0.3) is 0 Å². The van der Waals surface area contributed by atoms with Crippen molar-refractivity contribution >= 4 is 11.9 Å². The number of aliphatic hydroxyl groups is 2. The van der Waals surface area contributed by atoms with Crippen molar-refractivity contribution in [3.63, 3.8) is 0 Å². The molecular formula is C33H61N2O7+. The van der Waals surface area contributed by atoms with Crippen LogP contribution in [0.15, 0.2) is 0 Å². The molecule has 3 aliphatic rings. The zero-order valence-corrected chi connectivity index (χ0v) is 26.9. The summed E-state index contributed by atoms with van der Waals surface area (Å²) in [6.07, 6.45) is 9.06. The van der Waals surface area contributed by atoms with Crippen molar-refractivity contribution in [1.82, 2.24) is 0 Å². The first-order valence-electron chi connectivity index (χ1n) is 16.8. The number of esters is 2. The average molecular weight is 598 g/mol. The van der Waals surface area contributed by atoms with Crippen LogP contribution in [0.2, 0.25) is 0 Å². The van der Waals surface area contributed by atoms with Crippen molar-refractivity contribution < 1.29 is 39.3 Å². The van der Waals surface area contributed by atoms with E-state index in [9.17, 15) is 19.8 Å². The molecule has 3 rings (SSSR count). The lowest BCUT2D eigenvalue weighted by molar-refractivity contribution is -0.699. The smallest absolute Gasteiger partial charge is 0.302 e. The van der Waals surface area contributed by atoms with E-state index in [1.54, 1.807) is 7.11 Å². The van der Waals surface area contributed by atoms with E-state index in [4.69, 9.17) is 19.9 Å². The molecule has 1 heterocycles. The Morgan fingerprint density at radius 1 is 0.976 bits per heavy atom. The van der Waals surface area contributed by atoms with Crippen LogP contribution in [0.25, 0.3) is 0 Å². The molecule has 0 aromatic carbocycles. The first-order valence-corrected chi connectivity index (χ1v) is 16.8. The number of hydrogen-bond donors (Lipinski definition) is 4. The minimum Gasteiger partial charge on any atom is -0.462 e. The number of methoxy groups -OCH3 is 1. The minimum absolute atomic E-state index is 0.0152. The number of rotatable bonds is 12. The standard InChI is InChI=1S/C33H60N2O7/c1-20(2)13-23-7-6-8-27(38)15-26(14-23)31(42-22(4)37)18-28(41-21(3)36)10-9-24-16-32(40-5)30(39)19-29(24)25-11-12-35-33(34)17-25/h20,23-33,35,38-39H,6-19,34H2,1-5H3/p+1/t23-,24?,25?,26-,27+,28+,29?,30?,31+,32?,33?/m0/s1. The van der Waals surface area contributed by atoms with Crippen LogP contribution in [0.4, 0.5) is 0 Å². The molecule has 6 unspecified atom stereocenters. The Balaban J connectivity index is 1.77. The molecule has 0 radical (unpaired) electrons. The lowest BCUT2D eigenvalue weighted by Gasteiger charge is -2.44. The fourth-order valence-corrected chi connectivity index (χ4v) is 8.50. The summed E-state index contributed by atoms with van der Waals surface area (Å²) in [5.41, 5.74) is 6.32. The average Bonchev–Trinajstić information content (AvgIpc) is 2.89. The van der Waals surface area contributed by atoms with Gasteiger partial charge in [-0.2, -0.15) is 0 Å². The van der Waals surface area contributed by atoms with Gasteiger partial charge in [-0.05, 0) is 93.3 Å². The highest BCUT2D eigenvalue weighted by Crippen LogP contribution is 2.43. The number of hydrogen-bond acceptors (Lipinski definition) is 8. The van der Waals surface area contributed by atoms with E-state index in [1.807, 2.05) is 0 Å². The molecule has 2 aliphatic carbocycles. The normalized spacial score (nSPS) is 36.0. The van der Waals surface area contributed by atoms with Crippen molar-refractivity contribution in [2.75, 3.05) is 13.7 Å². The molecule has 0 aromatic rings. The molecule has 2 saturated carbocycles. The summed E-state index contributed by atoms with van der Waals surface area (Å²) in [5, 5.41) is 23.8. The van der Waals surface area contributed by atoms with Gasteiger partial charge in [-0.3, -0.25) is 15.3 Å². The summed E-state index contributed by atoms with van der Waals surface area (Å²) < 4.78 is 17.5. The molecule has 9 nitrogen and oxygen atoms in total. The van der Waals surface area contributed by atoms with E-state index in [-0.39, 0.29) is 30.1 Å². The van der Waals surface area contributed by atoms with Gasteiger partial charge in [0.15, 0.2) is 0 Å². The maximum absolute atomic E-state index is 12.3. The second-order valence-corrected chi connectivity index (χ2v) is 14.2. The van der Waals surface area contributed by atoms with E-state index in [0.29, 0.717) is 55.3 Å². The van der Waals surface area contributed by atoms with Gasteiger partial charge in [0.2, 0.25) is 0 Å². The lowest BCUT2D eigenvalue weighted by atomic mass is 9.66. The summed E-state index contributed by atoms with van der Waals surface area (Å²) in [6.45, 7) is 8.37. The molecule has 0 spiro atoms. The Morgan fingerprint density at radius 3 is 2.36 bits per heavy atom. The number of ether oxygens (including phenoxy) is 3. The predicted octanol–water partition coefficient (Wildman–Crippen LogP) is 3.28. The third-order valence-electron chi connectivity index (χ3n) is 10.3. The van der Waals surface area contributed by atoms with Gasteiger partial charge in [-0.1, -0.05) is 26.7 Å². The molecule has 0 aromatic heterocycles. The summed E-state index contributed by atoms with van der Waals surface area (Å²) in [7, 11) is 1.66. The lowest BCUT2D eigenvalue weighted by Crippen LogP contribution is -2.94. The van der Waals surface area contributed by atoms with E-state index < -0.39 is 24.4 Å². The zero-order chi connectivity index (χ0) is 30.8. The summed E-state index contributed by atoms with van der Waals surface area (Å²) in [4.78, 5) is 24.6. The van der Waals surface area contributed by atoms with Crippen LogP contribution in [0.1, 0.15) is 111 Å². The number of nitrogens with two attached hydrogens (primary N) is 2. The second kappa shape index (κ2) is 17.3. The summed E-state index contributed by atoms with van der Waals surface area (Å²) >= 11 is 0. The van der Waals surface area contributed by atoms with Gasteiger partial charge in [-0.15, -0.1) is 0 Å². The SMILES string of the molecule is COC1CC(CC[C@H](C[C@@H](OC(C)=O)[C@@H]2C[C@H](O)CCC[C@@H](CC(C)C)C2)OC(C)=O)C(C2CC[NH2+]C(N)C2)CC1O. The molecule has 42 heavy (non-hydrogen) atoms. The molecule has 6 N–H and O–H groups in total. The largest absolute Gasteiger partial charge is 0.462 e. The van der Waals surface area contributed by atoms with Crippen LogP contribution >= 0.6 is 0 Å². The Kier molecular flexibility index (Phi) is 14.5. The van der Waals surface area contributed by atoms with E-state index in [2.05, 4.69) is 19.2 Å². The van der Waals surface area contributed by atoms with Crippen molar-refractivity contribution in [3.05, 3.63) is 0 Å². The molecule has 0 amide bonds. The molecule has 11 atom stereocenters. The highest BCUT2D eigenvalue weighted by atomic mass is 16.6. The Labute approximate surface area is 254 Å². The van der Waals surface area contributed by atoms with Crippen LogP contribution in [0.3, 0.4) is 0 Å². The Morgan fingerprint density at radius 2 is 1.71 bits per heavy atom. The monoisotopic (exact) mass is 597 g/mol. The minimum atomic E-state index is -0.486. The number of carbonyl (C=O) groups excluding carboxylic acids is 2. The maximum atomic E-state index is 12.3. The number of aliphatic hydroxyl groups excluding tert-OH is 2. The molecule has 9 heteroatoms. The first kappa shape index (κ1) is 35.2. The van der Waals surface area contributed by atoms with Crippen molar-refractivity contribution in [2.45, 2.75) is 148 Å². The molecular weight excluding hydrogens is 536 g/mol. The number of piperidine rings is 1. The van der Waals surface area contributed by atoms with Gasteiger partial charge < -0.3 is 29.7 Å². The molecule has 1 saturated heterocycles. The van der Waals surface area contributed by atoms with Crippen molar-refractivity contribution in [3.8, 4) is 0 Å². The van der Waals surface area contributed by atoms with Crippen LogP contribution in [0.5, 0.6) is 0 Å². The van der Waals surface area contributed by atoms with Crippen molar-refractivity contribution in [2.24, 2.45) is 41.2 Å². The first-order chi connectivity index (χ1) is 19.9. The predicted molar refractivity (Wildman–Crippen MR) is 161 cm³/mol. The molecule has 3 fully saturated rings. The Hall–Kier alpha value is -1.26. The molecule has 1 aliphatic heterocycles. The third kappa shape index (κ3) is 11.3. The van der Waals surface area contributed by atoms with E-state index in [1.165, 1.54) is 13.8 Å². The van der Waals surface area contributed by atoms with E-state index >= 15 is 0 Å². The van der Waals surface area contributed by atoms with Gasteiger partial charge in [-0.25, -0.2) is 0 Å². The second-order valence-electron chi connectivity index (χ2n) is 14.2. The maximum Gasteiger partial charge on any atom is 0.302 e. The van der Waals surface area contributed by atoms with Crippen LogP contribution in [-0.4, -0.2) is 72.5 Å². The third-order valence-corrected chi connectivity index (χ3v) is 10.3. The summed E-state index contributed by atoms with van der Waals surface area (Å²) in [6, 6.07) is 0. The van der Waals surface area contributed by atoms with Crippen LogP contribution in [0, 0.1) is 35.5 Å².